The molecule has 0 radical (unpaired) electrons. The average Bonchev–Trinajstić information content (AvgIpc) is 2.73. The highest BCUT2D eigenvalue weighted by molar-refractivity contribution is 5.94. The number of nitrogens with one attached hydrogen (secondary N) is 3. The lowest BCUT2D eigenvalue weighted by Crippen LogP contribution is -2.40. The van der Waals surface area contributed by atoms with Crippen LogP contribution in [0, 0.1) is 12.7 Å². The number of pyridine rings is 1. The van der Waals surface area contributed by atoms with Gasteiger partial charge in [0.25, 0.3) is 5.91 Å². The van der Waals surface area contributed by atoms with Gasteiger partial charge in [0.2, 0.25) is 0 Å². The molecule has 1 heterocycles. The molecule has 3 N–H and O–H groups in total. The van der Waals surface area contributed by atoms with Crippen molar-refractivity contribution in [1.82, 2.24) is 20.9 Å². The monoisotopic (exact) mass is 401 g/mol. The molecule has 2 rings (SSSR count). The molecular formula is C21H28FN5O2. The number of hydrogen-bond donors (Lipinski definition) is 3. The first-order valence-corrected chi connectivity index (χ1v) is 9.70. The van der Waals surface area contributed by atoms with Gasteiger partial charge in [0.1, 0.15) is 11.6 Å². The zero-order valence-electron chi connectivity index (χ0n) is 17.1. The third-order valence-electron chi connectivity index (χ3n) is 4.48. The summed E-state index contributed by atoms with van der Waals surface area (Å²) in [5, 5.41) is 8.04. The lowest BCUT2D eigenvalue weighted by molar-refractivity contribution is 0.0953. The van der Waals surface area contributed by atoms with E-state index in [1.807, 2.05) is 12.1 Å². The van der Waals surface area contributed by atoms with Crippen molar-refractivity contribution in [2.75, 3.05) is 31.1 Å². The van der Waals surface area contributed by atoms with Crippen molar-refractivity contribution in [1.29, 1.82) is 0 Å². The first-order chi connectivity index (χ1) is 13.9. The fourth-order valence-electron chi connectivity index (χ4n) is 2.69. The van der Waals surface area contributed by atoms with Crippen LogP contribution in [0.25, 0.3) is 0 Å². The van der Waals surface area contributed by atoms with Crippen LogP contribution in [0.15, 0.2) is 36.5 Å². The Morgan fingerprint density at radius 3 is 2.38 bits per heavy atom. The van der Waals surface area contributed by atoms with Gasteiger partial charge in [0, 0.05) is 44.5 Å². The smallest absolute Gasteiger partial charge is 0.315 e. The Balaban J connectivity index is 1.68. The molecule has 1 aromatic carbocycles. The third-order valence-corrected chi connectivity index (χ3v) is 4.48. The summed E-state index contributed by atoms with van der Waals surface area (Å²) in [7, 11) is 0. The average molecular weight is 401 g/mol. The van der Waals surface area contributed by atoms with E-state index < -0.39 is 5.82 Å². The van der Waals surface area contributed by atoms with E-state index in [-0.39, 0.29) is 30.6 Å². The Labute approximate surface area is 170 Å². The van der Waals surface area contributed by atoms with Gasteiger partial charge in [0.15, 0.2) is 0 Å². The van der Waals surface area contributed by atoms with Gasteiger partial charge in [-0.25, -0.2) is 14.2 Å². The van der Waals surface area contributed by atoms with Crippen LogP contribution in [0.2, 0.25) is 0 Å². The Bertz CT molecular complexity index is 822. The summed E-state index contributed by atoms with van der Waals surface area (Å²) in [4.78, 5) is 30.4. The van der Waals surface area contributed by atoms with Gasteiger partial charge in [0.05, 0.1) is 0 Å². The number of aromatic nitrogens is 1. The molecule has 0 aliphatic heterocycles. The Kier molecular flexibility index (Phi) is 8.39. The molecule has 0 aliphatic rings. The quantitative estimate of drug-likeness (QED) is 0.564. The highest BCUT2D eigenvalue weighted by Crippen LogP contribution is 2.11. The summed E-state index contributed by atoms with van der Waals surface area (Å²) < 4.78 is 13.5. The maximum Gasteiger partial charge on any atom is 0.315 e. The molecule has 2 aromatic rings. The van der Waals surface area contributed by atoms with E-state index >= 15 is 0 Å². The fraction of sp³-hybridized carbons (Fsp3) is 0.381. The van der Waals surface area contributed by atoms with Crippen molar-refractivity contribution in [3.63, 3.8) is 0 Å². The molecule has 0 bridgehead atoms. The Morgan fingerprint density at radius 1 is 1.03 bits per heavy atom. The van der Waals surface area contributed by atoms with Crippen molar-refractivity contribution in [3.8, 4) is 0 Å². The van der Waals surface area contributed by atoms with Gasteiger partial charge in [-0.2, -0.15) is 0 Å². The highest BCUT2D eigenvalue weighted by atomic mass is 19.1. The van der Waals surface area contributed by atoms with Gasteiger partial charge in [-0.05, 0) is 50.1 Å². The third kappa shape index (κ3) is 6.74. The summed E-state index contributed by atoms with van der Waals surface area (Å²) in [6.07, 6.45) is 1.74. The van der Waals surface area contributed by atoms with Gasteiger partial charge in [-0.1, -0.05) is 12.1 Å². The number of amides is 3. The second kappa shape index (κ2) is 11.0. The van der Waals surface area contributed by atoms with Crippen LogP contribution in [-0.4, -0.2) is 43.1 Å². The van der Waals surface area contributed by atoms with E-state index in [0.29, 0.717) is 12.1 Å². The topological polar surface area (TPSA) is 86.4 Å². The number of anilines is 1. The number of hydrogen-bond acceptors (Lipinski definition) is 4. The number of benzene rings is 1. The van der Waals surface area contributed by atoms with Crippen molar-refractivity contribution in [2.24, 2.45) is 0 Å². The van der Waals surface area contributed by atoms with Crippen LogP contribution in [0.4, 0.5) is 15.0 Å². The summed E-state index contributed by atoms with van der Waals surface area (Å²) in [6, 6.07) is 7.85. The van der Waals surface area contributed by atoms with E-state index in [2.05, 4.69) is 39.7 Å². The minimum atomic E-state index is -0.422. The second-order valence-corrected chi connectivity index (χ2v) is 6.53. The summed E-state index contributed by atoms with van der Waals surface area (Å²) in [5.74, 6) is 0.104. The van der Waals surface area contributed by atoms with Crippen LogP contribution in [0.5, 0.6) is 0 Å². The fourth-order valence-corrected chi connectivity index (χ4v) is 2.69. The molecule has 0 spiro atoms. The van der Waals surface area contributed by atoms with Crippen LogP contribution in [-0.2, 0) is 6.54 Å². The number of aryl methyl sites for hydroxylation is 1. The minimum Gasteiger partial charge on any atom is -0.357 e. The predicted octanol–water partition coefficient (Wildman–Crippen LogP) is 2.60. The molecule has 0 atom stereocenters. The maximum atomic E-state index is 13.5. The number of urea groups is 1. The van der Waals surface area contributed by atoms with Crippen molar-refractivity contribution in [2.45, 2.75) is 27.3 Å². The van der Waals surface area contributed by atoms with Crippen LogP contribution < -0.4 is 20.9 Å². The SMILES string of the molecule is CCN(CC)c1ccc(CNC(=O)NCCNC(=O)c2ccc(C)c(F)c2)cn1. The standard InChI is InChI=1S/C21H28FN5O2/c1-4-27(5-2)19-9-7-16(13-25-19)14-26-21(29)24-11-10-23-20(28)17-8-6-15(3)18(22)12-17/h6-9,12-13H,4-5,10-11,14H2,1-3H3,(H,23,28)(H2,24,26,29). The van der Waals surface area contributed by atoms with Gasteiger partial charge in [-0.3, -0.25) is 4.79 Å². The molecule has 0 aliphatic carbocycles. The molecule has 3 amide bonds. The molecule has 156 valence electrons. The lowest BCUT2D eigenvalue weighted by atomic mass is 10.1. The molecule has 7 nitrogen and oxygen atoms in total. The number of carbonyl (C=O) groups excluding carboxylic acids is 2. The normalized spacial score (nSPS) is 10.3. The maximum absolute atomic E-state index is 13.5. The largest absolute Gasteiger partial charge is 0.357 e. The van der Waals surface area contributed by atoms with Crippen LogP contribution in [0.3, 0.4) is 0 Å². The summed E-state index contributed by atoms with van der Waals surface area (Å²) in [6.45, 7) is 8.41. The Morgan fingerprint density at radius 2 is 1.76 bits per heavy atom. The molecule has 0 saturated heterocycles. The van der Waals surface area contributed by atoms with Crippen molar-refractivity contribution < 1.29 is 14.0 Å². The molecule has 0 unspecified atom stereocenters. The first kappa shape index (κ1) is 22.1. The van der Waals surface area contributed by atoms with Crippen LogP contribution >= 0.6 is 0 Å². The van der Waals surface area contributed by atoms with Gasteiger partial charge >= 0.3 is 6.03 Å². The molecule has 8 heteroatoms. The van der Waals surface area contributed by atoms with Gasteiger partial charge < -0.3 is 20.9 Å². The van der Waals surface area contributed by atoms with Crippen molar-refractivity contribution in [3.05, 3.63) is 59.0 Å². The zero-order valence-corrected chi connectivity index (χ0v) is 17.1. The van der Waals surface area contributed by atoms with E-state index in [0.717, 1.165) is 24.5 Å². The molecule has 0 saturated carbocycles. The van der Waals surface area contributed by atoms with Crippen LogP contribution in [0.1, 0.15) is 35.3 Å². The predicted molar refractivity (Wildman–Crippen MR) is 112 cm³/mol. The van der Waals surface area contributed by atoms with E-state index in [1.54, 1.807) is 25.3 Å². The molecule has 29 heavy (non-hydrogen) atoms. The van der Waals surface area contributed by atoms with Gasteiger partial charge in [-0.15, -0.1) is 0 Å². The Hall–Kier alpha value is -3.16. The summed E-state index contributed by atoms with van der Waals surface area (Å²) >= 11 is 0. The van der Waals surface area contributed by atoms with E-state index in [4.69, 9.17) is 0 Å². The molecule has 0 fully saturated rings. The number of halogens is 1. The minimum absolute atomic E-state index is 0.238. The van der Waals surface area contributed by atoms with E-state index in [9.17, 15) is 14.0 Å². The van der Waals surface area contributed by atoms with Crippen molar-refractivity contribution >= 4 is 17.8 Å². The number of rotatable bonds is 9. The first-order valence-electron chi connectivity index (χ1n) is 9.70. The van der Waals surface area contributed by atoms with E-state index in [1.165, 1.54) is 6.07 Å². The summed E-state index contributed by atoms with van der Waals surface area (Å²) in [5.41, 5.74) is 1.63. The number of nitrogens with zero attached hydrogens (tertiary/aromatic N) is 2. The zero-order chi connectivity index (χ0) is 21.2. The molecular weight excluding hydrogens is 373 g/mol. The second-order valence-electron chi connectivity index (χ2n) is 6.53. The molecule has 1 aromatic heterocycles. The lowest BCUT2D eigenvalue weighted by Gasteiger charge is -2.19. The number of carbonyl (C=O) groups is 2. The highest BCUT2D eigenvalue weighted by Gasteiger charge is 2.08.